The third-order valence-electron chi connectivity index (χ3n) is 14.0. The molecule has 0 amide bonds. The van der Waals surface area contributed by atoms with Crippen LogP contribution < -0.4 is 28.9 Å². The minimum Gasteiger partial charge on any atom is -0.489 e. The number of aromatic nitrogens is 8. The number of nitrogens with zero attached hydrogens (tertiary/aromatic N) is 8. The summed E-state index contributed by atoms with van der Waals surface area (Å²) in [7, 11) is 0. The SMILES string of the molecule is CC(C)C(Oc1cccc2c1-c1nc-2nc2[n-]c(nc3nc(nc4[n-]c(n1)c1cccc(OC(C(C)C)C(C)C)c41)-c1cccc(OC(C(C)C)C(C)C)c1-3)c1cccc(OC(C(C)C)C(C)C)c21)C(C)C.CCO.[Cu+2]. The summed E-state index contributed by atoms with van der Waals surface area (Å²) >= 11 is 0. The number of aliphatic hydroxyl groups excluding tert-OH is 1. The van der Waals surface area contributed by atoms with Crippen LogP contribution in [0.2, 0.25) is 0 Å². The van der Waals surface area contributed by atoms with E-state index in [4.69, 9.17) is 63.9 Å². The molecule has 0 atom stereocenters. The van der Waals surface area contributed by atoms with Crippen molar-refractivity contribution in [1.82, 2.24) is 39.9 Å². The van der Waals surface area contributed by atoms with Gasteiger partial charge in [-0.1, -0.05) is 159 Å². The normalized spacial score (nSPS) is 12.4. The Bertz CT molecular complexity index is 3070. The predicted octanol–water partition coefficient (Wildman–Crippen LogP) is 14.4. The summed E-state index contributed by atoms with van der Waals surface area (Å²) in [4.78, 5) is 42.7. The second kappa shape index (κ2) is 24.1. The molecular weight excluding hydrogens is 1000 g/mol. The van der Waals surface area contributed by atoms with Crippen LogP contribution in [0.5, 0.6) is 23.0 Å². The molecule has 14 heteroatoms. The molecule has 7 aromatic rings. The van der Waals surface area contributed by atoms with Crippen LogP contribution in [0.15, 0.2) is 72.8 Å². The fourth-order valence-corrected chi connectivity index (χ4v) is 10.9. The van der Waals surface area contributed by atoms with E-state index in [1.54, 1.807) is 6.92 Å². The van der Waals surface area contributed by atoms with Crippen LogP contribution in [0.4, 0.5) is 0 Å². The van der Waals surface area contributed by atoms with Crippen molar-refractivity contribution in [3.8, 4) is 68.5 Å². The minimum atomic E-state index is -0.0817. The van der Waals surface area contributed by atoms with E-state index < -0.39 is 0 Å². The van der Waals surface area contributed by atoms with Gasteiger partial charge in [-0.2, -0.15) is 0 Å². The zero-order chi connectivity index (χ0) is 54.2. The molecule has 4 aromatic carbocycles. The Morgan fingerprint density at radius 3 is 0.934 bits per heavy atom. The number of fused-ring (bicyclic) bond motifs is 20. The Labute approximate surface area is 460 Å². The summed E-state index contributed by atoms with van der Waals surface area (Å²) in [5, 5.41) is 10.6. The Morgan fingerprint density at radius 1 is 0.368 bits per heavy atom. The van der Waals surface area contributed by atoms with Gasteiger partial charge in [0.05, 0.1) is 34.4 Å². The van der Waals surface area contributed by atoms with Crippen molar-refractivity contribution < 1.29 is 41.1 Å². The molecule has 5 heterocycles. The Kier molecular flexibility index (Phi) is 18.3. The van der Waals surface area contributed by atoms with E-state index in [2.05, 4.69) is 111 Å². The van der Waals surface area contributed by atoms with Gasteiger partial charge in [-0.3, -0.25) is 0 Å². The van der Waals surface area contributed by atoms with E-state index in [-0.39, 0.29) is 95.4 Å². The predicted molar refractivity (Wildman–Crippen MR) is 303 cm³/mol. The van der Waals surface area contributed by atoms with E-state index >= 15 is 0 Å². The van der Waals surface area contributed by atoms with Gasteiger partial charge in [-0.25, -0.2) is 9.97 Å². The minimum absolute atomic E-state index is 0. The van der Waals surface area contributed by atoms with Gasteiger partial charge in [-0.05, 0) is 89.3 Å². The molecule has 0 spiro atoms. The van der Waals surface area contributed by atoms with Crippen LogP contribution in [0, 0.1) is 47.3 Å². The monoisotopic (exact) mass is 1080 g/mol. The van der Waals surface area contributed by atoms with E-state index in [0.717, 1.165) is 43.8 Å². The van der Waals surface area contributed by atoms with Crippen LogP contribution in [0.1, 0.15) is 118 Å². The molecular formula is C62H78CuN8O5. The second-order valence-corrected chi connectivity index (χ2v) is 22.8. The average molecular weight is 1080 g/mol. The molecule has 0 fully saturated rings. The number of aliphatic hydroxyl groups is 1. The summed E-state index contributed by atoms with van der Waals surface area (Å²) < 4.78 is 27.9. The van der Waals surface area contributed by atoms with Crippen LogP contribution in [-0.2, 0) is 17.1 Å². The molecule has 13 nitrogen and oxygen atoms in total. The third-order valence-corrected chi connectivity index (χ3v) is 14.0. The van der Waals surface area contributed by atoms with E-state index in [1.807, 2.05) is 72.8 Å². The number of rotatable bonds is 16. The Morgan fingerprint density at radius 2 is 0.632 bits per heavy atom. The first-order valence-corrected chi connectivity index (χ1v) is 27.2. The molecule has 1 N–H and O–H groups in total. The van der Waals surface area contributed by atoms with Crippen LogP contribution in [0.3, 0.4) is 0 Å². The quantitative estimate of drug-likeness (QED) is 0.0911. The van der Waals surface area contributed by atoms with Crippen LogP contribution >= 0.6 is 0 Å². The Balaban J connectivity index is 0.00000205. The third kappa shape index (κ3) is 11.6. The Hall–Kier alpha value is -6.08. The van der Waals surface area contributed by atoms with Crippen molar-refractivity contribution in [3.05, 3.63) is 72.8 Å². The fourth-order valence-electron chi connectivity index (χ4n) is 10.9. The van der Waals surface area contributed by atoms with Gasteiger partial charge in [-0.15, -0.1) is 0 Å². The smallest absolute Gasteiger partial charge is 0.489 e. The van der Waals surface area contributed by atoms with Crippen molar-refractivity contribution in [2.24, 2.45) is 47.3 Å². The molecule has 0 saturated carbocycles. The molecule has 2 aliphatic heterocycles. The first-order valence-electron chi connectivity index (χ1n) is 27.2. The van der Waals surface area contributed by atoms with Gasteiger partial charge in [0.1, 0.15) is 47.4 Å². The topological polar surface area (TPSA) is 163 Å². The first-order chi connectivity index (χ1) is 35.7. The maximum absolute atomic E-state index is 7.57. The maximum atomic E-state index is 7.57. The summed E-state index contributed by atoms with van der Waals surface area (Å²) in [5.74, 6) is 6.27. The zero-order valence-electron chi connectivity index (χ0n) is 47.5. The van der Waals surface area contributed by atoms with Gasteiger partial charge >= 0.3 is 17.1 Å². The average Bonchev–Trinajstić information content (AvgIpc) is 4.09. The van der Waals surface area contributed by atoms with Gasteiger partial charge in [0, 0.05) is 51.1 Å². The fraction of sp³-hybridized carbons (Fsp3) is 0.484. The molecule has 407 valence electrons. The molecule has 0 aliphatic carbocycles. The molecule has 8 bridgehead atoms. The van der Waals surface area contributed by atoms with Crippen molar-refractivity contribution >= 4 is 44.1 Å². The molecule has 9 rings (SSSR count). The van der Waals surface area contributed by atoms with E-state index in [9.17, 15) is 0 Å². The number of ether oxygens (including phenoxy) is 4. The van der Waals surface area contributed by atoms with Gasteiger partial charge < -0.3 is 54.0 Å². The largest absolute Gasteiger partial charge is 2.00 e. The van der Waals surface area contributed by atoms with Crippen LogP contribution in [0.25, 0.3) is 89.7 Å². The molecule has 1 radical (unpaired) electrons. The van der Waals surface area contributed by atoms with Crippen LogP contribution in [-0.4, -0.2) is 66.0 Å². The second-order valence-electron chi connectivity index (χ2n) is 22.8. The molecule has 3 aromatic heterocycles. The van der Waals surface area contributed by atoms with E-state index in [0.29, 0.717) is 68.9 Å². The summed E-state index contributed by atoms with van der Waals surface area (Å²) in [6.07, 6.45) is -0.327. The van der Waals surface area contributed by atoms with E-state index in [1.165, 1.54) is 0 Å². The maximum Gasteiger partial charge on any atom is 2.00 e. The summed E-state index contributed by atoms with van der Waals surface area (Å²) in [5.41, 5.74) is 4.68. The molecule has 0 saturated heterocycles. The number of hydrogen-bond acceptors (Lipinski definition) is 11. The van der Waals surface area contributed by atoms with Crippen molar-refractivity contribution in [2.45, 2.75) is 142 Å². The first kappa shape index (κ1) is 57.6. The van der Waals surface area contributed by atoms with Gasteiger partial charge in [0.25, 0.3) is 0 Å². The number of benzene rings is 4. The zero-order valence-corrected chi connectivity index (χ0v) is 48.5. The van der Waals surface area contributed by atoms with Crippen molar-refractivity contribution in [1.29, 1.82) is 0 Å². The van der Waals surface area contributed by atoms with Gasteiger partial charge in [0.15, 0.2) is 0 Å². The van der Waals surface area contributed by atoms with Crippen molar-refractivity contribution in [3.63, 3.8) is 0 Å². The molecule has 76 heavy (non-hydrogen) atoms. The molecule has 0 unspecified atom stereocenters. The summed E-state index contributed by atoms with van der Waals surface area (Å²) in [6.45, 7) is 36.9. The van der Waals surface area contributed by atoms with Crippen molar-refractivity contribution in [2.75, 3.05) is 6.61 Å². The number of hydrogen-bond donors (Lipinski definition) is 1. The standard InChI is InChI=1S/C60H72N8O4.C2H6O.Cu/c1-29(2)49(30(3)4)69-41-25-17-21-37-45(41)57-61-53(37)66-58-47-39(23-19-27-43(47)71-51(33(9)10)34(11)12)55(63-58)68-60-48-40(24-20-28-44(48)72-52(35(13)14)36(15)16)56(64-60)67-59-46-38(54(62-59)65-57)22-18-26-42(46)70-50(31(5)6)32(7)8;1-2-3;/h17-36,49-52H,1-16H3;3H,2H2,1H3;/q-2;;+2. The molecule has 2 aliphatic rings. The van der Waals surface area contributed by atoms with Gasteiger partial charge in [0.2, 0.25) is 0 Å². The summed E-state index contributed by atoms with van der Waals surface area (Å²) in [6, 6.07) is 24.0.